The molecule has 5 heteroatoms. The Morgan fingerprint density at radius 3 is 3.06 bits per heavy atom. The van der Waals surface area contributed by atoms with Crippen molar-refractivity contribution >= 4 is 33.2 Å². The molecule has 17 heavy (non-hydrogen) atoms. The minimum atomic E-state index is 0.124. The van der Waals surface area contributed by atoms with Crippen LogP contribution < -0.4 is 11.1 Å². The number of halogens is 1. The van der Waals surface area contributed by atoms with E-state index in [0.717, 1.165) is 23.7 Å². The first kappa shape index (κ1) is 13.1. The topological polar surface area (TPSA) is 55.1 Å². The summed E-state index contributed by atoms with van der Waals surface area (Å²) >= 11 is 5.12. The zero-order chi connectivity index (χ0) is 12.3. The molecule has 1 heterocycles. The zero-order valence-corrected chi connectivity index (χ0v) is 12.0. The predicted molar refractivity (Wildman–Crippen MR) is 73.8 cm³/mol. The number of amides is 1. The molecule has 1 amide bonds. The van der Waals surface area contributed by atoms with Gasteiger partial charge in [0.25, 0.3) is 0 Å². The molecule has 3 nitrogen and oxygen atoms in total. The van der Waals surface area contributed by atoms with Crippen molar-refractivity contribution in [2.45, 2.75) is 25.8 Å². The molecule has 1 aliphatic carbocycles. The quantitative estimate of drug-likeness (QED) is 0.896. The summed E-state index contributed by atoms with van der Waals surface area (Å²) in [6.45, 7) is 1.24. The van der Waals surface area contributed by atoms with Crippen molar-refractivity contribution in [2.75, 3.05) is 6.54 Å². The van der Waals surface area contributed by atoms with Gasteiger partial charge in [-0.25, -0.2) is 0 Å². The average Bonchev–Trinajstić information content (AvgIpc) is 2.94. The summed E-state index contributed by atoms with van der Waals surface area (Å²) in [7, 11) is 0. The van der Waals surface area contributed by atoms with Gasteiger partial charge < -0.3 is 11.1 Å². The van der Waals surface area contributed by atoms with E-state index in [1.165, 1.54) is 4.88 Å². The van der Waals surface area contributed by atoms with Gasteiger partial charge in [0, 0.05) is 15.3 Å². The highest BCUT2D eigenvalue weighted by Crippen LogP contribution is 2.31. The van der Waals surface area contributed by atoms with E-state index in [1.807, 2.05) is 11.4 Å². The van der Waals surface area contributed by atoms with Crippen LogP contribution in [0.2, 0.25) is 0 Å². The number of hydrogen-bond donors (Lipinski definition) is 2. The summed E-state index contributed by atoms with van der Waals surface area (Å²) in [4.78, 5) is 13.2. The van der Waals surface area contributed by atoms with Crippen LogP contribution in [0.3, 0.4) is 0 Å². The van der Waals surface area contributed by atoms with E-state index >= 15 is 0 Å². The lowest BCUT2D eigenvalue weighted by atomic mass is 9.95. The first-order valence-electron chi connectivity index (χ1n) is 5.92. The maximum Gasteiger partial charge on any atom is 0.223 e. The lowest BCUT2D eigenvalue weighted by Gasteiger charge is -2.17. The Morgan fingerprint density at radius 2 is 2.41 bits per heavy atom. The minimum absolute atomic E-state index is 0.124. The largest absolute Gasteiger partial charge is 0.351 e. The number of nitrogens with one attached hydrogen (secondary N) is 1. The van der Waals surface area contributed by atoms with E-state index in [-0.39, 0.29) is 11.8 Å². The summed E-state index contributed by atoms with van der Waals surface area (Å²) in [5, 5.41) is 5.04. The highest BCUT2D eigenvalue weighted by atomic mass is 79.9. The molecule has 0 aromatic carbocycles. The van der Waals surface area contributed by atoms with Crippen LogP contribution in [0.25, 0.3) is 0 Å². The Labute approximate surface area is 114 Å². The van der Waals surface area contributed by atoms with Crippen molar-refractivity contribution in [2.24, 2.45) is 17.6 Å². The van der Waals surface area contributed by atoms with Crippen LogP contribution >= 0.6 is 27.3 Å². The highest BCUT2D eigenvalue weighted by Gasteiger charge is 2.31. The third kappa shape index (κ3) is 3.09. The van der Waals surface area contributed by atoms with Crippen molar-refractivity contribution in [3.05, 3.63) is 20.8 Å². The van der Waals surface area contributed by atoms with Gasteiger partial charge in [-0.3, -0.25) is 4.79 Å². The fraction of sp³-hybridized carbons (Fsp3) is 0.583. The molecule has 0 saturated heterocycles. The highest BCUT2D eigenvalue weighted by molar-refractivity contribution is 9.10. The van der Waals surface area contributed by atoms with Crippen molar-refractivity contribution < 1.29 is 4.79 Å². The second-order valence-corrected chi connectivity index (χ2v) is 6.30. The maximum atomic E-state index is 12.0. The van der Waals surface area contributed by atoms with Gasteiger partial charge in [-0.05, 0) is 52.7 Å². The van der Waals surface area contributed by atoms with Crippen molar-refractivity contribution in [3.8, 4) is 0 Å². The Morgan fingerprint density at radius 1 is 1.59 bits per heavy atom. The van der Waals surface area contributed by atoms with Crippen molar-refractivity contribution in [1.82, 2.24) is 5.32 Å². The SMILES string of the molecule is NCC1CCCC1C(=O)NCc1sccc1Br. The molecule has 3 N–H and O–H groups in total. The minimum Gasteiger partial charge on any atom is -0.351 e. The molecule has 0 aliphatic heterocycles. The fourth-order valence-electron chi connectivity index (χ4n) is 2.41. The molecule has 1 aromatic heterocycles. The van der Waals surface area contributed by atoms with Crippen LogP contribution in [0.1, 0.15) is 24.1 Å². The van der Waals surface area contributed by atoms with E-state index in [9.17, 15) is 4.79 Å². The lowest BCUT2D eigenvalue weighted by molar-refractivity contribution is -0.126. The molecule has 1 aliphatic rings. The first-order chi connectivity index (χ1) is 8.22. The molecule has 1 aromatic rings. The van der Waals surface area contributed by atoms with E-state index in [0.29, 0.717) is 19.0 Å². The third-order valence-electron chi connectivity index (χ3n) is 3.41. The van der Waals surface area contributed by atoms with Crippen molar-refractivity contribution in [1.29, 1.82) is 0 Å². The monoisotopic (exact) mass is 316 g/mol. The second kappa shape index (κ2) is 5.98. The number of carbonyl (C=O) groups excluding carboxylic acids is 1. The summed E-state index contributed by atoms with van der Waals surface area (Å²) in [6, 6.07) is 2.00. The fourth-order valence-corrected chi connectivity index (χ4v) is 3.85. The van der Waals surface area contributed by atoms with Gasteiger partial charge >= 0.3 is 0 Å². The average molecular weight is 317 g/mol. The van der Waals surface area contributed by atoms with Gasteiger partial charge in [0.05, 0.1) is 6.54 Å². The predicted octanol–water partition coefficient (Wildman–Crippen LogP) is 2.50. The standard InChI is InChI=1S/C12H17BrN2OS/c13-10-4-5-17-11(10)7-15-12(16)9-3-1-2-8(9)6-14/h4-5,8-9H,1-3,6-7,14H2,(H,15,16). The van der Waals surface area contributed by atoms with Gasteiger partial charge in [0.15, 0.2) is 0 Å². The normalized spacial score (nSPS) is 23.9. The third-order valence-corrected chi connectivity index (χ3v) is 5.34. The van der Waals surface area contributed by atoms with Crippen LogP contribution in [0, 0.1) is 11.8 Å². The van der Waals surface area contributed by atoms with Gasteiger partial charge in [-0.2, -0.15) is 0 Å². The molecule has 2 rings (SSSR count). The summed E-state index contributed by atoms with van der Waals surface area (Å²) in [5.74, 6) is 0.666. The van der Waals surface area contributed by atoms with E-state index in [4.69, 9.17) is 5.73 Å². The summed E-state index contributed by atoms with van der Waals surface area (Å²) in [5.41, 5.74) is 5.69. The molecule has 1 fully saturated rings. The molecule has 1 saturated carbocycles. The van der Waals surface area contributed by atoms with Crippen LogP contribution in [-0.4, -0.2) is 12.5 Å². The number of nitrogens with two attached hydrogens (primary N) is 1. The van der Waals surface area contributed by atoms with Crippen LogP contribution in [0.5, 0.6) is 0 Å². The van der Waals surface area contributed by atoms with Crippen LogP contribution in [0.4, 0.5) is 0 Å². The molecule has 2 atom stereocenters. The number of carbonyl (C=O) groups is 1. The first-order valence-corrected chi connectivity index (χ1v) is 7.59. The van der Waals surface area contributed by atoms with E-state index in [1.54, 1.807) is 11.3 Å². The summed E-state index contributed by atoms with van der Waals surface area (Å²) < 4.78 is 1.07. The van der Waals surface area contributed by atoms with Crippen LogP contribution in [0.15, 0.2) is 15.9 Å². The molecular formula is C12H17BrN2OS. The Bertz CT molecular complexity index is 394. The molecular weight excluding hydrogens is 300 g/mol. The van der Waals surface area contributed by atoms with E-state index in [2.05, 4.69) is 21.2 Å². The lowest BCUT2D eigenvalue weighted by Crippen LogP contribution is -2.34. The summed E-state index contributed by atoms with van der Waals surface area (Å²) in [6.07, 6.45) is 3.21. The molecule has 0 radical (unpaired) electrons. The Kier molecular flexibility index (Phi) is 4.59. The number of thiophene rings is 1. The van der Waals surface area contributed by atoms with Crippen molar-refractivity contribution in [3.63, 3.8) is 0 Å². The maximum absolute atomic E-state index is 12.0. The zero-order valence-electron chi connectivity index (χ0n) is 9.62. The molecule has 0 spiro atoms. The molecule has 0 bridgehead atoms. The van der Waals surface area contributed by atoms with Gasteiger partial charge in [0.2, 0.25) is 5.91 Å². The van der Waals surface area contributed by atoms with Gasteiger partial charge in [0.1, 0.15) is 0 Å². The van der Waals surface area contributed by atoms with E-state index < -0.39 is 0 Å². The number of rotatable bonds is 4. The van der Waals surface area contributed by atoms with Gasteiger partial charge in [-0.15, -0.1) is 11.3 Å². The Balaban J connectivity index is 1.87. The molecule has 94 valence electrons. The molecule has 2 unspecified atom stereocenters. The smallest absolute Gasteiger partial charge is 0.223 e. The Hall–Kier alpha value is -0.390. The second-order valence-electron chi connectivity index (χ2n) is 4.44. The number of hydrogen-bond acceptors (Lipinski definition) is 3. The van der Waals surface area contributed by atoms with Gasteiger partial charge in [-0.1, -0.05) is 6.42 Å². The van der Waals surface area contributed by atoms with Crippen LogP contribution in [-0.2, 0) is 11.3 Å².